The lowest BCUT2D eigenvalue weighted by molar-refractivity contribution is -0.122. The molecule has 2 aromatic carbocycles. The molecule has 214 valence electrons. The molecule has 0 spiro atoms. The Morgan fingerprint density at radius 2 is 1.79 bits per heavy atom. The summed E-state index contributed by atoms with van der Waals surface area (Å²) in [6, 6.07) is 10.9. The maximum atomic E-state index is 14.0. The number of piperidine rings is 1. The Labute approximate surface area is 241 Å². The molecule has 2 aromatic rings. The summed E-state index contributed by atoms with van der Waals surface area (Å²) < 4.78 is 43.3. The summed E-state index contributed by atoms with van der Waals surface area (Å²) in [5, 5.41) is 3.69. The number of halogens is 3. The molecule has 1 heterocycles. The number of hydrogen-bond acceptors (Lipinski definition) is 4. The molecule has 0 bridgehead atoms. The van der Waals surface area contributed by atoms with Crippen LogP contribution in [-0.2, 0) is 21.2 Å². The molecule has 2 aliphatic rings. The number of hydrogen-bond donors (Lipinski definition) is 2. The number of carbonyl (C=O) groups is 1. The van der Waals surface area contributed by atoms with E-state index in [1.54, 1.807) is 30.3 Å². The Morgan fingerprint density at radius 1 is 1.08 bits per heavy atom. The fraction of sp³-hybridized carbons (Fsp3) is 0.552. The minimum Gasteiger partial charge on any atom is -0.351 e. The average Bonchev–Trinajstić information content (AvgIpc) is 2.90. The maximum Gasteiger partial charge on any atom is 0.224 e. The highest BCUT2D eigenvalue weighted by Crippen LogP contribution is 2.28. The Kier molecular flexibility index (Phi) is 10.3. The molecule has 1 saturated heterocycles. The molecule has 2 N–H and O–H groups in total. The van der Waals surface area contributed by atoms with Crippen molar-refractivity contribution in [2.45, 2.75) is 81.5 Å². The van der Waals surface area contributed by atoms with Gasteiger partial charge in [0.2, 0.25) is 15.9 Å². The minimum atomic E-state index is -3.51. The number of sulfonamides is 1. The van der Waals surface area contributed by atoms with Crippen LogP contribution in [0.2, 0.25) is 10.0 Å². The summed E-state index contributed by atoms with van der Waals surface area (Å²) >= 11 is 12.1. The first-order chi connectivity index (χ1) is 18.5. The first kappa shape index (κ1) is 30.3. The van der Waals surface area contributed by atoms with Crippen LogP contribution >= 0.6 is 23.2 Å². The van der Waals surface area contributed by atoms with Crippen molar-refractivity contribution in [3.8, 4) is 0 Å². The van der Waals surface area contributed by atoms with E-state index < -0.39 is 16.1 Å². The van der Waals surface area contributed by atoms with Crippen molar-refractivity contribution in [3.05, 3.63) is 69.5 Å². The molecule has 1 atom stereocenters. The van der Waals surface area contributed by atoms with Crippen molar-refractivity contribution < 1.29 is 17.6 Å². The third-order valence-corrected chi connectivity index (χ3v) is 10.7. The second kappa shape index (κ2) is 13.3. The number of benzene rings is 2. The van der Waals surface area contributed by atoms with Crippen LogP contribution in [0.4, 0.5) is 4.39 Å². The van der Waals surface area contributed by atoms with Crippen LogP contribution in [0.25, 0.3) is 0 Å². The topological polar surface area (TPSA) is 78.5 Å². The fourth-order valence-corrected chi connectivity index (χ4v) is 7.73. The van der Waals surface area contributed by atoms with Gasteiger partial charge in [-0.25, -0.2) is 17.5 Å². The van der Waals surface area contributed by atoms with Crippen molar-refractivity contribution in [1.29, 1.82) is 0 Å². The summed E-state index contributed by atoms with van der Waals surface area (Å²) in [6.07, 6.45) is 6.58. The molecule has 2 fully saturated rings. The molecule has 4 rings (SSSR count). The Hall–Kier alpha value is -1.71. The lowest BCUT2D eigenvalue weighted by Crippen LogP contribution is -2.54. The lowest BCUT2D eigenvalue weighted by Gasteiger charge is -2.40. The van der Waals surface area contributed by atoms with Crippen LogP contribution in [0.15, 0.2) is 42.5 Å². The fourth-order valence-electron chi connectivity index (χ4n) is 5.61. The van der Waals surface area contributed by atoms with Gasteiger partial charge in [-0.1, -0.05) is 60.7 Å². The number of nitrogens with one attached hydrogen (secondary N) is 2. The van der Waals surface area contributed by atoms with E-state index in [0.29, 0.717) is 41.4 Å². The van der Waals surface area contributed by atoms with Gasteiger partial charge in [-0.05, 0) is 81.0 Å². The Bertz CT molecular complexity index is 1250. The van der Waals surface area contributed by atoms with E-state index in [1.165, 1.54) is 12.1 Å². The zero-order valence-corrected chi connectivity index (χ0v) is 24.7. The molecule has 1 saturated carbocycles. The van der Waals surface area contributed by atoms with Crippen molar-refractivity contribution in [3.63, 3.8) is 0 Å². The van der Waals surface area contributed by atoms with Crippen LogP contribution in [0.1, 0.15) is 75.5 Å². The number of likely N-dealkylation sites (tertiary alicyclic amines) is 1. The summed E-state index contributed by atoms with van der Waals surface area (Å²) in [4.78, 5) is 15.0. The summed E-state index contributed by atoms with van der Waals surface area (Å²) in [5.41, 5.74) is 1.13. The molecule has 0 radical (unpaired) electrons. The second-order valence-corrected chi connectivity index (χ2v) is 14.0. The number of rotatable bonds is 10. The van der Waals surface area contributed by atoms with Crippen LogP contribution < -0.4 is 10.0 Å². The molecule has 6 nitrogen and oxygen atoms in total. The number of amides is 1. The molecule has 0 unspecified atom stereocenters. The normalized spacial score (nSPS) is 19.5. The monoisotopic (exact) mass is 597 g/mol. The summed E-state index contributed by atoms with van der Waals surface area (Å²) in [6.45, 7) is 4.27. The van der Waals surface area contributed by atoms with Crippen molar-refractivity contribution in [1.82, 2.24) is 14.9 Å². The van der Waals surface area contributed by atoms with Crippen molar-refractivity contribution >= 4 is 39.1 Å². The molecule has 0 aromatic heterocycles. The smallest absolute Gasteiger partial charge is 0.224 e. The van der Waals surface area contributed by atoms with Crippen molar-refractivity contribution in [2.24, 2.45) is 0 Å². The second-order valence-electron chi connectivity index (χ2n) is 11.2. The average molecular weight is 599 g/mol. The zero-order valence-electron chi connectivity index (χ0n) is 22.4. The highest BCUT2D eigenvalue weighted by Gasteiger charge is 2.33. The predicted molar refractivity (Wildman–Crippen MR) is 155 cm³/mol. The first-order valence-corrected chi connectivity index (χ1v) is 16.1. The largest absolute Gasteiger partial charge is 0.351 e. The van der Waals surface area contributed by atoms with E-state index in [0.717, 1.165) is 50.8 Å². The molecular weight excluding hydrogens is 560 g/mol. The van der Waals surface area contributed by atoms with Gasteiger partial charge in [-0.15, -0.1) is 0 Å². The summed E-state index contributed by atoms with van der Waals surface area (Å²) in [7, 11) is -3.51. The summed E-state index contributed by atoms with van der Waals surface area (Å²) in [5.74, 6) is -0.438. The van der Waals surface area contributed by atoms with E-state index in [4.69, 9.17) is 23.2 Å². The van der Waals surface area contributed by atoms with Gasteiger partial charge < -0.3 is 10.2 Å². The molecule has 1 amide bonds. The lowest BCUT2D eigenvalue weighted by atomic mass is 9.89. The van der Waals surface area contributed by atoms with E-state index in [-0.39, 0.29) is 28.9 Å². The number of nitrogens with zero attached hydrogens (tertiary/aromatic N) is 1. The molecular formula is C29H38Cl2FN3O3S. The highest BCUT2D eigenvalue weighted by atomic mass is 35.5. The van der Waals surface area contributed by atoms with Crippen LogP contribution in [0, 0.1) is 5.82 Å². The molecule has 10 heteroatoms. The third-order valence-electron chi connectivity index (χ3n) is 8.03. The van der Waals surface area contributed by atoms with Gasteiger partial charge in [0.1, 0.15) is 5.82 Å². The van der Waals surface area contributed by atoms with E-state index in [2.05, 4.69) is 21.9 Å². The van der Waals surface area contributed by atoms with Crippen LogP contribution in [0.5, 0.6) is 0 Å². The van der Waals surface area contributed by atoms with Gasteiger partial charge >= 0.3 is 0 Å². The van der Waals surface area contributed by atoms with Crippen LogP contribution in [-0.4, -0.2) is 49.6 Å². The molecule has 1 aliphatic heterocycles. The third kappa shape index (κ3) is 8.64. The minimum absolute atomic E-state index is 0.0624. The Morgan fingerprint density at radius 3 is 2.46 bits per heavy atom. The van der Waals surface area contributed by atoms with Crippen LogP contribution in [0.3, 0.4) is 0 Å². The standard InChI is InChI=1S/C29H38Cl2FN3O3S/c1-29(33-28(36)19-21-10-11-25(30)26(31)18-21)13-16-35(17-14-29)15-12-27(22-6-5-7-23(32)20-22)34-39(37,38)24-8-3-2-4-9-24/h5-7,10-11,18,20,24,27,34H,2-4,8-9,12-17,19H2,1H3,(H,33,36)/t27-/m0/s1. The van der Waals surface area contributed by atoms with Crippen molar-refractivity contribution in [2.75, 3.05) is 19.6 Å². The van der Waals surface area contributed by atoms with E-state index in [1.807, 2.05) is 0 Å². The predicted octanol–water partition coefficient (Wildman–Crippen LogP) is 6.03. The maximum absolute atomic E-state index is 14.0. The van der Waals surface area contributed by atoms with Gasteiger partial charge in [-0.3, -0.25) is 4.79 Å². The highest BCUT2D eigenvalue weighted by molar-refractivity contribution is 7.90. The first-order valence-electron chi connectivity index (χ1n) is 13.8. The molecule has 1 aliphatic carbocycles. The van der Waals surface area contributed by atoms with Gasteiger partial charge in [0, 0.05) is 24.7 Å². The Balaban J connectivity index is 1.32. The quantitative estimate of drug-likeness (QED) is 0.350. The number of carbonyl (C=O) groups excluding carboxylic acids is 1. The van der Waals surface area contributed by atoms with Gasteiger partial charge in [-0.2, -0.15) is 0 Å². The molecule has 39 heavy (non-hydrogen) atoms. The zero-order chi connectivity index (χ0) is 28.0. The van der Waals surface area contributed by atoms with Gasteiger partial charge in [0.05, 0.1) is 21.7 Å². The SMILES string of the molecule is CC1(NC(=O)Cc2ccc(Cl)c(Cl)c2)CCN(CC[C@H](NS(=O)(=O)C2CCCCC2)c2cccc(F)c2)CC1. The van der Waals surface area contributed by atoms with Gasteiger partial charge in [0.25, 0.3) is 0 Å². The van der Waals surface area contributed by atoms with E-state index >= 15 is 0 Å². The van der Waals surface area contributed by atoms with E-state index in [9.17, 15) is 17.6 Å². The van der Waals surface area contributed by atoms with Gasteiger partial charge in [0.15, 0.2) is 0 Å².